The normalized spacial score (nSPS) is 16.2. The van der Waals surface area contributed by atoms with Gasteiger partial charge in [-0.2, -0.15) is 0 Å². The standard InChI is InChI=1S/C14H21N3O4/c1-2-7-21-8-4-11(18)17-14(5-3-6-14)13-15-9-10(16-13)12(19)20/h9H,2-8H2,1H3,(H,15,16)(H,17,18)(H,19,20). The van der Waals surface area contributed by atoms with Crippen LogP contribution in [0.15, 0.2) is 6.20 Å². The molecule has 1 aromatic rings. The first kappa shape index (κ1) is 15.5. The summed E-state index contributed by atoms with van der Waals surface area (Å²) in [6.45, 7) is 3.06. The molecule has 0 saturated heterocycles. The van der Waals surface area contributed by atoms with Crippen LogP contribution in [0.3, 0.4) is 0 Å². The van der Waals surface area contributed by atoms with Gasteiger partial charge in [0.1, 0.15) is 11.5 Å². The van der Waals surface area contributed by atoms with E-state index in [1.807, 2.05) is 6.92 Å². The predicted octanol–water partition coefficient (Wildman–Crippen LogP) is 1.42. The molecule has 1 fully saturated rings. The second kappa shape index (κ2) is 6.71. The minimum absolute atomic E-state index is 0.0387. The number of carbonyl (C=O) groups excluding carboxylic acids is 1. The third-order valence-electron chi connectivity index (χ3n) is 3.67. The van der Waals surface area contributed by atoms with Gasteiger partial charge in [-0.25, -0.2) is 9.78 Å². The molecule has 0 aliphatic heterocycles. The summed E-state index contributed by atoms with van der Waals surface area (Å²) >= 11 is 0. The van der Waals surface area contributed by atoms with Crippen LogP contribution in [0.2, 0.25) is 0 Å². The lowest BCUT2D eigenvalue weighted by molar-refractivity contribution is -0.125. The SMILES string of the molecule is CCCOCCC(=O)NC1(c2ncc(C(=O)O)[nH]2)CCC1. The number of H-pyrrole nitrogens is 1. The number of ether oxygens (including phenoxy) is 1. The maximum atomic E-state index is 12.0. The minimum Gasteiger partial charge on any atom is -0.477 e. The molecule has 1 aliphatic carbocycles. The van der Waals surface area contributed by atoms with Gasteiger partial charge in [-0.1, -0.05) is 6.92 Å². The molecule has 21 heavy (non-hydrogen) atoms. The van der Waals surface area contributed by atoms with Crippen LogP contribution in [0.25, 0.3) is 0 Å². The van der Waals surface area contributed by atoms with Crippen molar-refractivity contribution in [1.29, 1.82) is 0 Å². The Morgan fingerprint density at radius 2 is 2.24 bits per heavy atom. The van der Waals surface area contributed by atoms with Crippen molar-refractivity contribution in [3.8, 4) is 0 Å². The summed E-state index contributed by atoms with van der Waals surface area (Å²) in [6, 6.07) is 0. The van der Waals surface area contributed by atoms with Crippen molar-refractivity contribution >= 4 is 11.9 Å². The highest BCUT2D eigenvalue weighted by Gasteiger charge is 2.42. The summed E-state index contributed by atoms with van der Waals surface area (Å²) in [6.07, 6.45) is 5.02. The van der Waals surface area contributed by atoms with Gasteiger partial charge in [0.15, 0.2) is 0 Å². The van der Waals surface area contributed by atoms with Gasteiger partial charge >= 0.3 is 5.97 Å². The van der Waals surface area contributed by atoms with Crippen LogP contribution in [0.5, 0.6) is 0 Å². The molecule has 1 aliphatic rings. The van der Waals surface area contributed by atoms with Crippen molar-refractivity contribution in [3.05, 3.63) is 17.7 Å². The molecule has 1 aromatic heterocycles. The summed E-state index contributed by atoms with van der Waals surface area (Å²) < 4.78 is 5.30. The third kappa shape index (κ3) is 3.60. The summed E-state index contributed by atoms with van der Waals surface area (Å²) in [4.78, 5) is 29.8. The highest BCUT2D eigenvalue weighted by Crippen LogP contribution is 2.39. The lowest BCUT2D eigenvalue weighted by atomic mass is 9.76. The van der Waals surface area contributed by atoms with E-state index in [0.29, 0.717) is 25.5 Å². The van der Waals surface area contributed by atoms with Gasteiger partial charge in [-0.3, -0.25) is 4.79 Å². The average molecular weight is 295 g/mol. The van der Waals surface area contributed by atoms with Crippen LogP contribution in [-0.4, -0.2) is 40.2 Å². The van der Waals surface area contributed by atoms with Crippen molar-refractivity contribution in [2.24, 2.45) is 0 Å². The van der Waals surface area contributed by atoms with E-state index in [1.54, 1.807) is 0 Å². The predicted molar refractivity (Wildman–Crippen MR) is 74.9 cm³/mol. The number of carbonyl (C=O) groups is 2. The van der Waals surface area contributed by atoms with Gasteiger partial charge in [0.25, 0.3) is 0 Å². The third-order valence-corrected chi connectivity index (χ3v) is 3.67. The van der Waals surface area contributed by atoms with Crippen LogP contribution < -0.4 is 5.32 Å². The zero-order valence-electron chi connectivity index (χ0n) is 12.1. The number of carboxylic acids is 1. The number of nitrogens with one attached hydrogen (secondary N) is 2. The Balaban J connectivity index is 1.94. The largest absolute Gasteiger partial charge is 0.477 e. The van der Waals surface area contributed by atoms with Gasteiger partial charge in [-0.15, -0.1) is 0 Å². The van der Waals surface area contributed by atoms with Crippen molar-refractivity contribution < 1.29 is 19.4 Å². The number of carboxylic acid groups (broad SMARTS) is 1. The van der Waals surface area contributed by atoms with Gasteiger partial charge < -0.3 is 20.1 Å². The number of imidazole rings is 1. The number of aromatic carboxylic acids is 1. The van der Waals surface area contributed by atoms with Gasteiger partial charge in [-0.05, 0) is 25.7 Å². The zero-order chi connectivity index (χ0) is 15.3. The fourth-order valence-electron chi connectivity index (χ4n) is 2.37. The summed E-state index contributed by atoms with van der Waals surface area (Å²) in [7, 11) is 0. The van der Waals surface area contributed by atoms with Crippen LogP contribution in [0.1, 0.15) is 55.3 Å². The van der Waals surface area contributed by atoms with E-state index in [9.17, 15) is 9.59 Å². The molecule has 0 bridgehead atoms. The Bertz CT molecular complexity index is 508. The lowest BCUT2D eigenvalue weighted by Crippen LogP contribution is -2.51. The highest BCUT2D eigenvalue weighted by atomic mass is 16.5. The fraction of sp³-hybridized carbons (Fsp3) is 0.643. The molecular weight excluding hydrogens is 274 g/mol. The smallest absolute Gasteiger partial charge is 0.353 e. The molecule has 3 N–H and O–H groups in total. The number of hydrogen-bond acceptors (Lipinski definition) is 4. The highest BCUT2D eigenvalue weighted by molar-refractivity contribution is 5.85. The first-order valence-electron chi connectivity index (χ1n) is 7.25. The monoisotopic (exact) mass is 295 g/mol. The number of aromatic nitrogens is 2. The first-order chi connectivity index (χ1) is 10.1. The first-order valence-corrected chi connectivity index (χ1v) is 7.25. The van der Waals surface area contributed by atoms with Crippen molar-refractivity contribution in [2.75, 3.05) is 13.2 Å². The van der Waals surface area contributed by atoms with Gasteiger partial charge in [0.05, 0.1) is 18.3 Å². The second-order valence-corrected chi connectivity index (χ2v) is 5.30. The molecule has 1 heterocycles. The molecule has 0 radical (unpaired) electrons. The van der Waals surface area contributed by atoms with E-state index in [1.165, 1.54) is 6.20 Å². The average Bonchev–Trinajstić information content (AvgIpc) is 2.89. The van der Waals surface area contributed by atoms with E-state index < -0.39 is 11.5 Å². The molecule has 2 rings (SSSR count). The number of amides is 1. The Morgan fingerprint density at radius 3 is 2.76 bits per heavy atom. The van der Waals surface area contributed by atoms with Crippen LogP contribution in [0.4, 0.5) is 0 Å². The molecule has 7 nitrogen and oxygen atoms in total. The van der Waals surface area contributed by atoms with E-state index in [4.69, 9.17) is 9.84 Å². The van der Waals surface area contributed by atoms with E-state index in [2.05, 4.69) is 15.3 Å². The minimum atomic E-state index is -1.05. The number of hydrogen-bond donors (Lipinski definition) is 3. The molecule has 7 heteroatoms. The maximum absolute atomic E-state index is 12.0. The van der Waals surface area contributed by atoms with Gasteiger partial charge in [0, 0.05) is 13.0 Å². The summed E-state index contributed by atoms with van der Waals surface area (Å²) in [5.41, 5.74) is -0.507. The number of nitrogens with zero attached hydrogens (tertiary/aromatic N) is 1. The Labute approximate surface area is 123 Å². The van der Waals surface area contributed by atoms with Crippen molar-refractivity contribution in [1.82, 2.24) is 15.3 Å². The molecule has 0 spiro atoms. The van der Waals surface area contributed by atoms with E-state index >= 15 is 0 Å². The quantitative estimate of drug-likeness (QED) is 0.629. The molecule has 0 aromatic carbocycles. The van der Waals surface area contributed by atoms with Crippen LogP contribution in [0, 0.1) is 0 Å². The molecular formula is C14H21N3O4. The van der Waals surface area contributed by atoms with Crippen LogP contribution >= 0.6 is 0 Å². The molecule has 1 amide bonds. The van der Waals surface area contributed by atoms with E-state index in [-0.39, 0.29) is 11.6 Å². The lowest BCUT2D eigenvalue weighted by Gasteiger charge is -2.40. The summed E-state index contributed by atoms with van der Waals surface area (Å²) in [5, 5.41) is 11.9. The fourth-order valence-corrected chi connectivity index (χ4v) is 2.37. The Hall–Kier alpha value is -1.89. The molecule has 1 saturated carbocycles. The molecule has 0 atom stereocenters. The maximum Gasteiger partial charge on any atom is 0.353 e. The number of aromatic amines is 1. The van der Waals surface area contributed by atoms with Crippen molar-refractivity contribution in [3.63, 3.8) is 0 Å². The number of rotatable bonds is 8. The second-order valence-electron chi connectivity index (χ2n) is 5.30. The Morgan fingerprint density at radius 1 is 1.48 bits per heavy atom. The van der Waals surface area contributed by atoms with E-state index in [0.717, 1.165) is 25.7 Å². The molecule has 0 unspecified atom stereocenters. The zero-order valence-corrected chi connectivity index (χ0v) is 12.1. The molecule has 116 valence electrons. The summed E-state index contributed by atoms with van der Waals surface area (Å²) in [5.74, 6) is -0.629. The topological polar surface area (TPSA) is 104 Å². The Kier molecular flexibility index (Phi) is 4.95. The van der Waals surface area contributed by atoms with Crippen molar-refractivity contribution in [2.45, 2.75) is 44.6 Å². The van der Waals surface area contributed by atoms with Crippen LogP contribution in [-0.2, 0) is 15.1 Å². The van der Waals surface area contributed by atoms with Gasteiger partial charge in [0.2, 0.25) is 5.91 Å².